The molecule has 0 aliphatic rings. The van der Waals surface area contributed by atoms with E-state index in [1.165, 1.54) is 0 Å². The minimum Gasteiger partial charge on any atom is -0.481 e. The van der Waals surface area contributed by atoms with Gasteiger partial charge in [0.15, 0.2) is 0 Å². The molecule has 0 saturated carbocycles. The number of aliphatic carboxylic acids is 1. The molecule has 0 saturated heterocycles. The number of carboxylic acid groups (broad SMARTS) is 1. The number of benzene rings is 1. The Kier molecular flexibility index (Phi) is 3.86. The molecule has 0 heterocycles. The molecule has 82 valence electrons. The number of carboxylic acids is 1. The number of rotatable bonds is 4. The van der Waals surface area contributed by atoms with Gasteiger partial charge in [0.1, 0.15) is 0 Å². The lowest BCUT2D eigenvalue weighted by atomic mass is 9.98. The van der Waals surface area contributed by atoms with Gasteiger partial charge < -0.3 is 10.0 Å². The molecule has 1 atom stereocenters. The molecule has 3 nitrogen and oxygen atoms in total. The van der Waals surface area contributed by atoms with Crippen LogP contribution in [0.5, 0.6) is 0 Å². The van der Waals surface area contributed by atoms with Crippen LogP contribution in [0.3, 0.4) is 0 Å². The zero-order chi connectivity index (χ0) is 11.4. The summed E-state index contributed by atoms with van der Waals surface area (Å²) in [6, 6.07) is 7.66. The smallest absolute Gasteiger partial charge is 0.312 e. The van der Waals surface area contributed by atoms with Gasteiger partial charge in [0, 0.05) is 6.54 Å². The predicted molar refractivity (Wildman–Crippen MR) is 60.1 cm³/mol. The Bertz CT molecular complexity index is 330. The third-order valence-corrected chi connectivity index (χ3v) is 2.33. The maximum absolute atomic E-state index is 11.1. The maximum atomic E-state index is 11.1. The molecule has 0 fully saturated rings. The first-order chi connectivity index (χ1) is 7.00. The Labute approximate surface area is 90.3 Å². The molecule has 0 aromatic heterocycles. The SMILES string of the molecule is Cc1ccc(C(CN(C)C)C(=O)O)cc1. The van der Waals surface area contributed by atoms with Gasteiger partial charge in [-0.1, -0.05) is 29.8 Å². The number of carbonyl (C=O) groups is 1. The quantitative estimate of drug-likeness (QED) is 0.817. The lowest BCUT2D eigenvalue weighted by Crippen LogP contribution is -2.25. The highest BCUT2D eigenvalue weighted by Gasteiger charge is 2.20. The summed E-state index contributed by atoms with van der Waals surface area (Å²) in [5.41, 5.74) is 2.01. The zero-order valence-electron chi connectivity index (χ0n) is 9.40. The summed E-state index contributed by atoms with van der Waals surface area (Å²) < 4.78 is 0. The number of aryl methyl sites for hydroxylation is 1. The lowest BCUT2D eigenvalue weighted by molar-refractivity contribution is -0.139. The molecule has 0 amide bonds. The minimum atomic E-state index is -0.771. The molecule has 15 heavy (non-hydrogen) atoms. The number of nitrogens with zero attached hydrogens (tertiary/aromatic N) is 1. The van der Waals surface area contributed by atoms with E-state index in [9.17, 15) is 4.79 Å². The highest BCUT2D eigenvalue weighted by molar-refractivity contribution is 5.76. The molecular formula is C12H17NO2. The minimum absolute atomic E-state index is 0.444. The Morgan fingerprint density at radius 2 is 1.87 bits per heavy atom. The number of hydrogen-bond acceptors (Lipinski definition) is 2. The average molecular weight is 207 g/mol. The monoisotopic (exact) mass is 207 g/mol. The van der Waals surface area contributed by atoms with E-state index in [-0.39, 0.29) is 0 Å². The van der Waals surface area contributed by atoms with E-state index in [0.717, 1.165) is 11.1 Å². The molecule has 0 bridgehead atoms. The predicted octanol–water partition coefficient (Wildman–Crippen LogP) is 1.72. The fourth-order valence-electron chi connectivity index (χ4n) is 1.49. The van der Waals surface area contributed by atoms with E-state index in [1.54, 1.807) is 0 Å². The van der Waals surface area contributed by atoms with Gasteiger partial charge in [-0.2, -0.15) is 0 Å². The van der Waals surface area contributed by atoms with Crippen LogP contribution in [0.15, 0.2) is 24.3 Å². The Hall–Kier alpha value is -1.35. The summed E-state index contributed by atoms with van der Waals surface area (Å²) in [7, 11) is 3.76. The van der Waals surface area contributed by atoms with Crippen LogP contribution < -0.4 is 0 Å². The average Bonchev–Trinajstić information content (AvgIpc) is 2.15. The summed E-state index contributed by atoms with van der Waals surface area (Å²) >= 11 is 0. The van der Waals surface area contributed by atoms with E-state index in [2.05, 4.69) is 0 Å². The molecule has 0 radical (unpaired) electrons. The molecule has 1 rings (SSSR count). The molecule has 0 aliphatic heterocycles. The Morgan fingerprint density at radius 3 is 2.27 bits per heavy atom. The second kappa shape index (κ2) is 4.94. The molecule has 0 aliphatic carbocycles. The standard InChI is InChI=1S/C12H17NO2/c1-9-4-6-10(7-5-9)11(12(14)15)8-13(2)3/h4-7,11H,8H2,1-3H3,(H,14,15). The number of hydrogen-bond donors (Lipinski definition) is 1. The van der Waals surface area contributed by atoms with Gasteiger partial charge in [-0.25, -0.2) is 0 Å². The molecule has 1 N–H and O–H groups in total. The van der Waals surface area contributed by atoms with Gasteiger partial charge in [0.2, 0.25) is 0 Å². The molecule has 1 aromatic carbocycles. The highest BCUT2D eigenvalue weighted by atomic mass is 16.4. The summed E-state index contributed by atoms with van der Waals surface area (Å²) in [6.07, 6.45) is 0. The van der Waals surface area contributed by atoms with Crippen molar-refractivity contribution < 1.29 is 9.90 Å². The van der Waals surface area contributed by atoms with Gasteiger partial charge in [0.05, 0.1) is 5.92 Å². The maximum Gasteiger partial charge on any atom is 0.312 e. The molecular weight excluding hydrogens is 190 g/mol. The molecule has 1 aromatic rings. The van der Waals surface area contributed by atoms with Crippen LogP contribution in [0.2, 0.25) is 0 Å². The van der Waals surface area contributed by atoms with Crippen LogP contribution in [0.4, 0.5) is 0 Å². The van der Waals surface area contributed by atoms with Gasteiger partial charge >= 0.3 is 5.97 Å². The summed E-state index contributed by atoms with van der Waals surface area (Å²) in [6.45, 7) is 2.52. The van der Waals surface area contributed by atoms with Crippen molar-refractivity contribution in [2.75, 3.05) is 20.6 Å². The molecule has 1 unspecified atom stereocenters. The van der Waals surface area contributed by atoms with Gasteiger partial charge in [-0.3, -0.25) is 4.79 Å². The second-order valence-corrected chi connectivity index (χ2v) is 4.06. The zero-order valence-corrected chi connectivity index (χ0v) is 9.40. The highest BCUT2D eigenvalue weighted by Crippen LogP contribution is 2.17. The van der Waals surface area contributed by atoms with Crippen molar-refractivity contribution in [3.63, 3.8) is 0 Å². The van der Waals surface area contributed by atoms with Crippen LogP contribution in [0, 0.1) is 6.92 Å². The van der Waals surface area contributed by atoms with Crippen molar-refractivity contribution in [1.82, 2.24) is 4.90 Å². The fourth-order valence-corrected chi connectivity index (χ4v) is 1.49. The third-order valence-electron chi connectivity index (χ3n) is 2.33. The van der Waals surface area contributed by atoms with Crippen molar-refractivity contribution in [3.05, 3.63) is 35.4 Å². The fraction of sp³-hybridized carbons (Fsp3) is 0.417. The van der Waals surface area contributed by atoms with Crippen LogP contribution in [-0.2, 0) is 4.79 Å². The first-order valence-electron chi connectivity index (χ1n) is 4.95. The van der Waals surface area contributed by atoms with Gasteiger partial charge in [-0.05, 0) is 26.6 Å². The van der Waals surface area contributed by atoms with Crippen LogP contribution in [-0.4, -0.2) is 36.6 Å². The van der Waals surface area contributed by atoms with Crippen molar-refractivity contribution >= 4 is 5.97 Å². The van der Waals surface area contributed by atoms with Gasteiger partial charge in [0.25, 0.3) is 0 Å². The lowest BCUT2D eigenvalue weighted by Gasteiger charge is -2.17. The first kappa shape index (κ1) is 11.7. The van der Waals surface area contributed by atoms with E-state index in [1.807, 2.05) is 50.2 Å². The largest absolute Gasteiger partial charge is 0.481 e. The van der Waals surface area contributed by atoms with Crippen molar-refractivity contribution in [1.29, 1.82) is 0 Å². The normalized spacial score (nSPS) is 12.8. The molecule has 3 heteroatoms. The van der Waals surface area contributed by atoms with Crippen LogP contribution in [0.25, 0.3) is 0 Å². The van der Waals surface area contributed by atoms with Crippen LogP contribution in [0.1, 0.15) is 17.0 Å². The summed E-state index contributed by atoms with van der Waals surface area (Å²) in [4.78, 5) is 13.0. The van der Waals surface area contributed by atoms with E-state index < -0.39 is 11.9 Å². The molecule has 0 spiro atoms. The second-order valence-electron chi connectivity index (χ2n) is 4.06. The van der Waals surface area contributed by atoms with E-state index in [0.29, 0.717) is 6.54 Å². The summed E-state index contributed by atoms with van der Waals surface area (Å²) in [5, 5.41) is 9.12. The van der Waals surface area contributed by atoms with Crippen molar-refractivity contribution in [2.45, 2.75) is 12.8 Å². The summed E-state index contributed by atoms with van der Waals surface area (Å²) in [5.74, 6) is -1.21. The third kappa shape index (κ3) is 3.36. The topological polar surface area (TPSA) is 40.5 Å². The van der Waals surface area contributed by atoms with Crippen LogP contribution >= 0.6 is 0 Å². The van der Waals surface area contributed by atoms with Crippen molar-refractivity contribution in [3.8, 4) is 0 Å². The first-order valence-corrected chi connectivity index (χ1v) is 4.95. The van der Waals surface area contributed by atoms with E-state index in [4.69, 9.17) is 5.11 Å². The van der Waals surface area contributed by atoms with Gasteiger partial charge in [-0.15, -0.1) is 0 Å². The van der Waals surface area contributed by atoms with E-state index >= 15 is 0 Å². The Morgan fingerprint density at radius 1 is 1.33 bits per heavy atom. The number of likely N-dealkylation sites (N-methyl/N-ethyl adjacent to an activating group) is 1. The Balaban J connectivity index is 2.89. The van der Waals surface area contributed by atoms with Crippen molar-refractivity contribution in [2.24, 2.45) is 0 Å².